The van der Waals surface area contributed by atoms with Crippen molar-refractivity contribution >= 4 is 28.8 Å². The number of pyridine rings is 2. The van der Waals surface area contributed by atoms with E-state index >= 15 is 0 Å². The Morgan fingerprint density at radius 3 is 2.89 bits per heavy atom. The van der Waals surface area contributed by atoms with Crippen molar-refractivity contribution in [3.8, 4) is 16.3 Å². The van der Waals surface area contributed by atoms with Gasteiger partial charge >= 0.3 is 0 Å². The van der Waals surface area contributed by atoms with Crippen molar-refractivity contribution in [2.75, 3.05) is 12.4 Å². The van der Waals surface area contributed by atoms with Crippen molar-refractivity contribution in [2.24, 2.45) is 0 Å². The van der Waals surface area contributed by atoms with E-state index in [0.717, 1.165) is 27.7 Å². The first-order valence-corrected chi connectivity index (χ1v) is 9.56. The summed E-state index contributed by atoms with van der Waals surface area (Å²) in [5.74, 6) is 2.57. The van der Waals surface area contributed by atoms with Crippen molar-refractivity contribution in [3.05, 3.63) is 47.7 Å². The van der Waals surface area contributed by atoms with Crippen molar-refractivity contribution < 1.29 is 9.53 Å². The summed E-state index contributed by atoms with van der Waals surface area (Å²) >= 11 is 1.62. The highest BCUT2D eigenvalue weighted by Gasteiger charge is 2.13. The summed E-state index contributed by atoms with van der Waals surface area (Å²) in [6.07, 6.45) is 4.93. The summed E-state index contributed by atoms with van der Waals surface area (Å²) in [7, 11) is 1.62. The maximum Gasteiger partial charge on any atom is 0.135 e. The van der Waals surface area contributed by atoms with Gasteiger partial charge in [0.25, 0.3) is 0 Å². The molecule has 3 heterocycles. The minimum Gasteiger partial charge on any atom is -0.497 e. The standard InChI is InChI=1S/C20H22N4O2S/c1-13(7-8-14(2)25)20-22-12-17(27-20)16-5-4-6-18(23-16)24-19-11-15(26-3)9-10-21-19/h4-6,9-13H,7-8H2,1-3H3,(H,21,23,24). The zero-order valence-electron chi connectivity index (χ0n) is 15.6. The third-order valence-corrected chi connectivity index (χ3v) is 5.35. The molecule has 0 amide bonds. The van der Waals surface area contributed by atoms with Crippen LogP contribution in [-0.2, 0) is 4.79 Å². The van der Waals surface area contributed by atoms with Crippen molar-refractivity contribution in [1.82, 2.24) is 15.0 Å². The summed E-state index contributed by atoms with van der Waals surface area (Å²) < 4.78 is 5.22. The number of aromatic nitrogens is 3. The first-order valence-electron chi connectivity index (χ1n) is 8.75. The molecule has 6 nitrogen and oxygen atoms in total. The Balaban J connectivity index is 1.74. The minimum atomic E-state index is 0.213. The predicted molar refractivity (Wildman–Crippen MR) is 108 cm³/mol. The maximum absolute atomic E-state index is 11.2. The zero-order chi connectivity index (χ0) is 19.2. The third kappa shape index (κ3) is 5.10. The number of nitrogens with zero attached hydrogens (tertiary/aromatic N) is 3. The molecule has 0 bridgehead atoms. The molecule has 0 radical (unpaired) electrons. The van der Waals surface area contributed by atoms with Crippen LogP contribution in [0, 0.1) is 0 Å². The van der Waals surface area contributed by atoms with Gasteiger partial charge in [0.1, 0.15) is 23.2 Å². The molecular weight excluding hydrogens is 360 g/mol. The Morgan fingerprint density at radius 1 is 1.26 bits per heavy atom. The molecular formula is C20H22N4O2S. The van der Waals surface area contributed by atoms with Crippen LogP contribution in [0.5, 0.6) is 5.75 Å². The van der Waals surface area contributed by atoms with Crippen molar-refractivity contribution in [3.63, 3.8) is 0 Å². The summed E-state index contributed by atoms with van der Waals surface area (Å²) in [5, 5.41) is 4.22. The topological polar surface area (TPSA) is 77.0 Å². The summed E-state index contributed by atoms with van der Waals surface area (Å²) in [5.41, 5.74) is 0.852. The van der Waals surface area contributed by atoms with Crippen LogP contribution in [0.1, 0.15) is 37.6 Å². The quantitative estimate of drug-likeness (QED) is 0.601. The van der Waals surface area contributed by atoms with E-state index in [-0.39, 0.29) is 11.7 Å². The maximum atomic E-state index is 11.2. The van der Waals surface area contributed by atoms with Gasteiger partial charge in [-0.2, -0.15) is 0 Å². The second-order valence-electron chi connectivity index (χ2n) is 6.32. The Bertz CT molecular complexity index is 926. The number of hydrogen-bond donors (Lipinski definition) is 1. The number of ketones is 1. The monoisotopic (exact) mass is 382 g/mol. The molecule has 1 unspecified atom stereocenters. The number of carbonyl (C=O) groups excluding carboxylic acids is 1. The van der Waals surface area contributed by atoms with E-state index in [4.69, 9.17) is 4.74 Å². The van der Waals surface area contributed by atoms with Crippen LogP contribution in [0.2, 0.25) is 0 Å². The zero-order valence-corrected chi connectivity index (χ0v) is 16.4. The van der Waals surface area contributed by atoms with Crippen LogP contribution in [0.3, 0.4) is 0 Å². The first-order chi connectivity index (χ1) is 13.0. The van der Waals surface area contributed by atoms with Crippen LogP contribution < -0.4 is 10.1 Å². The molecule has 3 aromatic heterocycles. The Labute approximate surface area is 162 Å². The van der Waals surface area contributed by atoms with Crippen molar-refractivity contribution in [2.45, 2.75) is 32.6 Å². The van der Waals surface area contributed by atoms with E-state index in [1.54, 1.807) is 37.6 Å². The number of carbonyl (C=O) groups is 1. The molecule has 0 aliphatic carbocycles. The Morgan fingerprint density at radius 2 is 2.11 bits per heavy atom. The van der Waals surface area contributed by atoms with Crippen molar-refractivity contribution in [1.29, 1.82) is 0 Å². The largest absolute Gasteiger partial charge is 0.497 e. The number of ether oxygens (including phenoxy) is 1. The highest BCUT2D eigenvalue weighted by Crippen LogP contribution is 2.31. The summed E-state index contributed by atoms with van der Waals surface area (Å²) in [4.78, 5) is 25.7. The van der Waals surface area contributed by atoms with E-state index < -0.39 is 0 Å². The van der Waals surface area contributed by atoms with Gasteiger partial charge < -0.3 is 14.8 Å². The molecule has 140 valence electrons. The van der Waals surface area contributed by atoms with E-state index in [1.165, 1.54) is 0 Å². The fourth-order valence-electron chi connectivity index (χ4n) is 2.56. The molecule has 0 saturated carbocycles. The van der Waals surface area contributed by atoms with E-state index in [0.29, 0.717) is 18.1 Å². The molecule has 0 aliphatic rings. The van der Waals surface area contributed by atoms with Crippen LogP contribution in [0.15, 0.2) is 42.7 Å². The van der Waals surface area contributed by atoms with Gasteiger partial charge in [-0.1, -0.05) is 13.0 Å². The summed E-state index contributed by atoms with van der Waals surface area (Å²) in [6.45, 7) is 3.73. The first kappa shape index (κ1) is 19.0. The Hall–Kier alpha value is -2.80. The smallest absolute Gasteiger partial charge is 0.135 e. The average Bonchev–Trinajstić information content (AvgIpc) is 3.17. The number of nitrogens with one attached hydrogen (secondary N) is 1. The van der Waals surface area contributed by atoms with E-state index in [9.17, 15) is 4.79 Å². The van der Waals surface area contributed by atoms with E-state index in [2.05, 4.69) is 27.2 Å². The molecule has 1 N–H and O–H groups in total. The average molecular weight is 382 g/mol. The number of thiazole rings is 1. The van der Waals surface area contributed by atoms with E-state index in [1.807, 2.05) is 30.5 Å². The van der Waals surface area contributed by atoms with Gasteiger partial charge in [-0.25, -0.2) is 15.0 Å². The van der Waals surface area contributed by atoms with Crippen LogP contribution >= 0.6 is 11.3 Å². The lowest BCUT2D eigenvalue weighted by Gasteiger charge is -2.07. The number of rotatable bonds is 8. The number of hydrogen-bond acceptors (Lipinski definition) is 7. The van der Waals surface area contributed by atoms with Crippen LogP contribution in [0.25, 0.3) is 10.6 Å². The molecule has 0 spiro atoms. The minimum absolute atomic E-state index is 0.213. The fourth-order valence-corrected chi connectivity index (χ4v) is 3.53. The Kier molecular flexibility index (Phi) is 6.13. The predicted octanol–water partition coefficient (Wildman–Crippen LogP) is 4.83. The molecule has 0 fully saturated rings. The lowest BCUT2D eigenvalue weighted by molar-refractivity contribution is -0.117. The summed E-state index contributed by atoms with van der Waals surface area (Å²) in [6, 6.07) is 9.41. The molecule has 0 aliphatic heterocycles. The third-order valence-electron chi connectivity index (χ3n) is 4.10. The molecule has 1 atom stereocenters. The van der Waals surface area contributed by atoms with Gasteiger partial charge in [-0.05, 0) is 31.5 Å². The highest BCUT2D eigenvalue weighted by molar-refractivity contribution is 7.15. The number of methoxy groups -OCH3 is 1. The normalized spacial score (nSPS) is 11.8. The molecule has 3 rings (SSSR count). The second kappa shape index (κ2) is 8.73. The lowest BCUT2D eigenvalue weighted by atomic mass is 10.1. The lowest BCUT2D eigenvalue weighted by Crippen LogP contribution is -1.97. The van der Waals surface area contributed by atoms with Crippen LogP contribution in [0.4, 0.5) is 11.6 Å². The van der Waals surface area contributed by atoms with Gasteiger partial charge in [-0.3, -0.25) is 0 Å². The fraction of sp³-hybridized carbons (Fsp3) is 0.300. The molecule has 3 aromatic rings. The highest BCUT2D eigenvalue weighted by atomic mass is 32.1. The van der Waals surface area contributed by atoms with Gasteiger partial charge in [0.2, 0.25) is 0 Å². The number of Topliss-reactive ketones (excluding diaryl/α,β-unsaturated/α-hetero) is 1. The van der Waals surface area contributed by atoms with Gasteiger partial charge in [0, 0.05) is 30.8 Å². The van der Waals surface area contributed by atoms with Gasteiger partial charge in [0.05, 0.1) is 22.7 Å². The van der Waals surface area contributed by atoms with Gasteiger partial charge in [0.15, 0.2) is 0 Å². The molecule has 7 heteroatoms. The molecule has 0 saturated heterocycles. The second-order valence-corrected chi connectivity index (χ2v) is 7.38. The molecule has 0 aromatic carbocycles. The SMILES string of the molecule is COc1ccnc(Nc2cccc(-c3cnc(C(C)CCC(C)=O)s3)n2)c1. The van der Waals surface area contributed by atoms with Crippen LogP contribution in [-0.4, -0.2) is 27.8 Å². The number of anilines is 2. The van der Waals surface area contributed by atoms with Gasteiger partial charge in [-0.15, -0.1) is 11.3 Å². The molecule has 27 heavy (non-hydrogen) atoms.